The fourth-order valence-electron chi connectivity index (χ4n) is 2.83. The maximum absolute atomic E-state index is 14.5. The predicted octanol–water partition coefficient (Wildman–Crippen LogP) is 3.67. The van der Waals surface area contributed by atoms with Crippen molar-refractivity contribution in [2.75, 3.05) is 7.05 Å². The molecule has 116 valence electrons. The van der Waals surface area contributed by atoms with Crippen molar-refractivity contribution in [2.45, 2.75) is 13.1 Å². The van der Waals surface area contributed by atoms with Crippen LogP contribution in [-0.2, 0) is 13.1 Å². The molecule has 0 aromatic heterocycles. The maximum Gasteiger partial charge on any atom is 0.198 e. The van der Waals surface area contributed by atoms with Gasteiger partial charge < -0.3 is 0 Å². The maximum atomic E-state index is 14.5. The van der Waals surface area contributed by atoms with Gasteiger partial charge in [0.05, 0.1) is 16.1 Å². The molecule has 2 aromatic carbocycles. The van der Waals surface area contributed by atoms with Crippen molar-refractivity contribution < 1.29 is 13.6 Å². The van der Waals surface area contributed by atoms with E-state index in [2.05, 4.69) is 0 Å². The highest BCUT2D eigenvalue weighted by atomic mass is 35.5. The summed E-state index contributed by atoms with van der Waals surface area (Å²) in [5.74, 6) is -2.24. The molecular weight excluding hydrogens is 322 g/mol. The van der Waals surface area contributed by atoms with Gasteiger partial charge >= 0.3 is 0 Å². The molecule has 0 radical (unpaired) electrons. The minimum absolute atomic E-state index is 0.00493. The number of carbonyl (C=O) groups is 1. The van der Waals surface area contributed by atoms with Gasteiger partial charge in [-0.25, -0.2) is 8.78 Å². The van der Waals surface area contributed by atoms with Crippen LogP contribution in [0.4, 0.5) is 8.78 Å². The highest BCUT2D eigenvalue weighted by Crippen LogP contribution is 2.31. The van der Waals surface area contributed by atoms with Crippen LogP contribution in [0.25, 0.3) is 0 Å². The van der Waals surface area contributed by atoms with E-state index in [4.69, 9.17) is 11.6 Å². The molecule has 3 nitrogen and oxygen atoms in total. The Hall–Kier alpha value is -2.29. The third-order valence-electron chi connectivity index (χ3n) is 3.86. The normalized spacial score (nSPS) is 13.7. The number of halogens is 3. The third-order valence-corrected chi connectivity index (χ3v) is 4.19. The van der Waals surface area contributed by atoms with E-state index in [0.29, 0.717) is 24.2 Å². The van der Waals surface area contributed by atoms with Gasteiger partial charge in [-0.05, 0) is 42.4 Å². The molecule has 1 heterocycles. The molecule has 0 saturated heterocycles. The van der Waals surface area contributed by atoms with Crippen molar-refractivity contribution in [3.63, 3.8) is 0 Å². The van der Waals surface area contributed by atoms with Gasteiger partial charge in [-0.2, -0.15) is 5.26 Å². The van der Waals surface area contributed by atoms with E-state index < -0.39 is 17.4 Å². The van der Waals surface area contributed by atoms with Crippen LogP contribution in [0.3, 0.4) is 0 Å². The lowest BCUT2D eigenvalue weighted by molar-refractivity contribution is 0.103. The van der Waals surface area contributed by atoms with Gasteiger partial charge in [-0.1, -0.05) is 11.6 Å². The monoisotopic (exact) mass is 332 g/mol. The number of hydrogen-bond acceptors (Lipinski definition) is 3. The van der Waals surface area contributed by atoms with Gasteiger partial charge in [0.25, 0.3) is 0 Å². The first-order valence-corrected chi connectivity index (χ1v) is 7.22. The molecule has 2 aromatic rings. The van der Waals surface area contributed by atoms with Crippen LogP contribution in [0.1, 0.15) is 32.6 Å². The number of rotatable bonds is 2. The first-order chi connectivity index (χ1) is 10.9. The standard InChI is InChI=1S/C17H11ClF2N2O/c1-22-7-9-4-15(20)16(12(6-21)13(9)8-22)17(23)11-5-10(19)2-3-14(11)18/h2-5H,7-8H2,1H3. The molecule has 0 aliphatic carbocycles. The summed E-state index contributed by atoms with van der Waals surface area (Å²) in [5, 5.41) is 9.43. The SMILES string of the molecule is CN1Cc2cc(F)c(C(=O)c3cc(F)ccc3Cl)c(C#N)c2C1. The van der Waals surface area contributed by atoms with Crippen molar-refractivity contribution in [1.82, 2.24) is 4.90 Å². The summed E-state index contributed by atoms with van der Waals surface area (Å²) in [6, 6.07) is 6.47. The fraction of sp³-hybridized carbons (Fsp3) is 0.176. The summed E-state index contributed by atoms with van der Waals surface area (Å²) in [4.78, 5) is 14.6. The van der Waals surface area contributed by atoms with E-state index in [1.807, 2.05) is 18.0 Å². The molecular formula is C17H11ClF2N2O. The summed E-state index contributed by atoms with van der Waals surface area (Å²) in [7, 11) is 1.84. The Morgan fingerprint density at radius 1 is 1.30 bits per heavy atom. The molecule has 0 N–H and O–H groups in total. The predicted molar refractivity (Wildman–Crippen MR) is 81.1 cm³/mol. The van der Waals surface area contributed by atoms with E-state index in [-0.39, 0.29) is 21.7 Å². The number of benzene rings is 2. The smallest absolute Gasteiger partial charge is 0.198 e. The molecule has 23 heavy (non-hydrogen) atoms. The van der Waals surface area contributed by atoms with E-state index in [0.717, 1.165) is 12.1 Å². The second-order valence-corrected chi connectivity index (χ2v) is 5.89. The largest absolute Gasteiger partial charge is 0.298 e. The summed E-state index contributed by atoms with van der Waals surface area (Å²) in [6.07, 6.45) is 0. The van der Waals surface area contributed by atoms with E-state index in [1.165, 1.54) is 12.1 Å². The summed E-state index contributed by atoms with van der Waals surface area (Å²) < 4.78 is 27.9. The van der Waals surface area contributed by atoms with Gasteiger partial charge in [0.1, 0.15) is 17.7 Å². The molecule has 0 bridgehead atoms. The number of hydrogen-bond donors (Lipinski definition) is 0. The fourth-order valence-corrected chi connectivity index (χ4v) is 3.04. The molecule has 0 atom stereocenters. The number of fused-ring (bicyclic) bond motifs is 1. The lowest BCUT2D eigenvalue weighted by Crippen LogP contribution is -2.11. The Labute approximate surface area is 136 Å². The minimum Gasteiger partial charge on any atom is -0.298 e. The van der Waals surface area contributed by atoms with Crippen LogP contribution in [0.15, 0.2) is 24.3 Å². The molecule has 0 unspecified atom stereocenters. The second-order valence-electron chi connectivity index (χ2n) is 5.48. The van der Waals surface area contributed by atoms with Gasteiger partial charge in [-0.15, -0.1) is 0 Å². The zero-order valence-electron chi connectivity index (χ0n) is 12.2. The molecule has 6 heteroatoms. The first kappa shape index (κ1) is 15.6. The van der Waals surface area contributed by atoms with Crippen LogP contribution in [0.2, 0.25) is 5.02 Å². The molecule has 0 spiro atoms. The van der Waals surface area contributed by atoms with Crippen LogP contribution in [0, 0.1) is 23.0 Å². The van der Waals surface area contributed by atoms with Crippen molar-refractivity contribution in [2.24, 2.45) is 0 Å². The minimum atomic E-state index is -0.791. The van der Waals surface area contributed by atoms with Crippen LogP contribution in [-0.4, -0.2) is 17.7 Å². The molecule has 0 saturated carbocycles. The number of nitrogens with zero attached hydrogens (tertiary/aromatic N) is 2. The Morgan fingerprint density at radius 3 is 2.74 bits per heavy atom. The van der Waals surface area contributed by atoms with Gasteiger partial charge in [0.2, 0.25) is 0 Å². The molecule has 0 fully saturated rings. The molecule has 1 aliphatic heterocycles. The molecule has 3 rings (SSSR count). The summed E-state index contributed by atoms with van der Waals surface area (Å²) >= 11 is 5.93. The van der Waals surface area contributed by atoms with Gasteiger partial charge in [0.15, 0.2) is 5.78 Å². The summed E-state index contributed by atoms with van der Waals surface area (Å²) in [5.41, 5.74) is 0.799. The van der Waals surface area contributed by atoms with Crippen LogP contribution < -0.4 is 0 Å². The number of nitriles is 1. The quantitative estimate of drug-likeness (QED) is 0.788. The molecule has 0 amide bonds. The zero-order valence-corrected chi connectivity index (χ0v) is 12.9. The first-order valence-electron chi connectivity index (χ1n) is 6.85. The average molecular weight is 333 g/mol. The van der Waals surface area contributed by atoms with E-state index >= 15 is 0 Å². The lowest BCUT2D eigenvalue weighted by Gasteiger charge is -2.10. The van der Waals surface area contributed by atoms with E-state index in [1.54, 1.807) is 0 Å². The third kappa shape index (κ3) is 2.61. The van der Waals surface area contributed by atoms with Gasteiger partial charge in [0, 0.05) is 18.7 Å². The highest BCUT2D eigenvalue weighted by Gasteiger charge is 2.29. The van der Waals surface area contributed by atoms with Crippen LogP contribution >= 0.6 is 11.6 Å². The number of carbonyl (C=O) groups excluding carboxylic acids is 1. The Kier molecular flexibility index (Phi) is 3.88. The van der Waals surface area contributed by atoms with Crippen molar-refractivity contribution >= 4 is 17.4 Å². The topological polar surface area (TPSA) is 44.1 Å². The Morgan fingerprint density at radius 2 is 2.04 bits per heavy atom. The summed E-state index contributed by atoms with van der Waals surface area (Å²) in [6.45, 7) is 0.964. The second kappa shape index (κ2) is 5.73. The lowest BCUT2D eigenvalue weighted by atomic mass is 9.92. The Bertz CT molecular complexity index is 874. The van der Waals surface area contributed by atoms with Crippen molar-refractivity contribution in [3.05, 3.63) is 68.7 Å². The number of ketones is 1. The zero-order chi connectivity index (χ0) is 16.7. The molecule has 1 aliphatic rings. The van der Waals surface area contributed by atoms with E-state index in [9.17, 15) is 18.8 Å². The van der Waals surface area contributed by atoms with Crippen molar-refractivity contribution in [1.29, 1.82) is 5.26 Å². The highest BCUT2D eigenvalue weighted by molar-refractivity contribution is 6.35. The average Bonchev–Trinajstić information content (AvgIpc) is 2.87. The Balaban J connectivity index is 2.21. The van der Waals surface area contributed by atoms with Crippen molar-refractivity contribution in [3.8, 4) is 6.07 Å². The van der Waals surface area contributed by atoms with Crippen LogP contribution in [0.5, 0.6) is 0 Å². The van der Waals surface area contributed by atoms with Gasteiger partial charge in [-0.3, -0.25) is 9.69 Å².